The molecular weight excluding hydrogens is 310 g/mol. The summed E-state index contributed by atoms with van der Waals surface area (Å²) in [5.41, 5.74) is 0. The van der Waals surface area contributed by atoms with Crippen molar-refractivity contribution in [3.63, 3.8) is 0 Å². The highest BCUT2D eigenvalue weighted by atomic mass is 32.2. The number of sulfonamides is 1. The molecule has 0 fully saturated rings. The molecule has 9 heteroatoms. The fourth-order valence-electron chi connectivity index (χ4n) is 1.66. The van der Waals surface area contributed by atoms with Gasteiger partial charge in [-0.05, 0) is 29.7 Å². The molecule has 0 bridgehead atoms. The zero-order valence-electron chi connectivity index (χ0n) is 9.31. The smallest absolute Gasteiger partial charge is 0.282 e. The second-order valence-electron chi connectivity index (χ2n) is 3.85. The average Bonchev–Trinajstić information content (AvgIpc) is 2.24. The maximum absolute atomic E-state index is 11.3. The summed E-state index contributed by atoms with van der Waals surface area (Å²) in [7, 11) is -8.66. The van der Waals surface area contributed by atoms with E-state index in [1.807, 2.05) is 0 Å². The highest BCUT2D eigenvalue weighted by Crippen LogP contribution is 2.28. The van der Waals surface area contributed by atoms with Crippen molar-refractivity contribution in [1.82, 2.24) is 0 Å². The van der Waals surface area contributed by atoms with Gasteiger partial charge in [0.1, 0.15) is 4.90 Å². The molecule has 0 atom stereocenters. The first-order chi connectivity index (χ1) is 8.59. The molecule has 19 heavy (non-hydrogen) atoms. The fourth-order valence-corrected chi connectivity index (χ4v) is 3.25. The van der Waals surface area contributed by atoms with Crippen LogP contribution < -0.4 is 5.14 Å². The van der Waals surface area contributed by atoms with E-state index in [-0.39, 0.29) is 10.3 Å². The molecule has 2 rings (SSSR count). The molecule has 0 aliphatic carbocycles. The highest BCUT2D eigenvalue weighted by molar-refractivity contribution is 7.89. The Labute approximate surface area is 115 Å². The van der Waals surface area contributed by atoms with Crippen LogP contribution in [0.15, 0.2) is 45.0 Å². The summed E-state index contributed by atoms with van der Waals surface area (Å²) in [5, 5.41) is 5.46. The van der Waals surface area contributed by atoms with Crippen molar-refractivity contribution in [1.29, 1.82) is 0 Å². The summed E-state index contributed by atoms with van der Waals surface area (Å²) in [5.74, 6) is 0. The number of fused-ring (bicyclic) bond motifs is 1. The predicted molar refractivity (Wildman–Crippen MR) is 72.4 cm³/mol. The van der Waals surface area contributed by atoms with Crippen LogP contribution in [0.25, 0.3) is 10.8 Å². The standard InChI is InChI=1S/C10H9NO5S3/c11-18(12,13)8-3-6-1-2-7(17)4-9(6)10(5-8)19(14,15)16/h1-5,17H,(H2,11,12,13)(H,14,15,16). The van der Waals surface area contributed by atoms with Gasteiger partial charge in [0.05, 0.1) is 4.90 Å². The minimum atomic E-state index is -4.58. The van der Waals surface area contributed by atoms with Crippen molar-refractivity contribution < 1.29 is 21.4 Å². The van der Waals surface area contributed by atoms with E-state index in [1.165, 1.54) is 18.2 Å². The zero-order chi connectivity index (χ0) is 14.4. The molecule has 6 nitrogen and oxygen atoms in total. The van der Waals surface area contributed by atoms with Gasteiger partial charge in [-0.15, -0.1) is 12.6 Å². The van der Waals surface area contributed by atoms with Crippen molar-refractivity contribution in [3.05, 3.63) is 30.3 Å². The number of hydrogen-bond donors (Lipinski definition) is 3. The Hall–Kier alpha value is -1.13. The number of primary sulfonamides is 1. The molecule has 0 heterocycles. The van der Waals surface area contributed by atoms with Gasteiger partial charge >= 0.3 is 0 Å². The van der Waals surface area contributed by atoms with E-state index in [1.54, 1.807) is 6.07 Å². The Morgan fingerprint density at radius 2 is 1.68 bits per heavy atom. The van der Waals surface area contributed by atoms with Crippen LogP contribution in [0.1, 0.15) is 0 Å². The van der Waals surface area contributed by atoms with Crippen LogP contribution >= 0.6 is 12.6 Å². The monoisotopic (exact) mass is 319 g/mol. The largest absolute Gasteiger partial charge is 0.295 e. The molecule has 0 spiro atoms. The van der Waals surface area contributed by atoms with Gasteiger partial charge in [0.25, 0.3) is 10.1 Å². The summed E-state index contributed by atoms with van der Waals surface area (Å²) < 4.78 is 54.5. The van der Waals surface area contributed by atoms with Crippen LogP contribution in [0.4, 0.5) is 0 Å². The van der Waals surface area contributed by atoms with E-state index in [9.17, 15) is 21.4 Å². The van der Waals surface area contributed by atoms with Gasteiger partial charge < -0.3 is 0 Å². The lowest BCUT2D eigenvalue weighted by atomic mass is 10.1. The summed E-state index contributed by atoms with van der Waals surface area (Å²) in [6.45, 7) is 0. The van der Waals surface area contributed by atoms with E-state index < -0.39 is 25.0 Å². The molecule has 0 saturated carbocycles. The molecule has 2 aromatic rings. The molecular formula is C10H9NO5S3. The van der Waals surface area contributed by atoms with Crippen molar-refractivity contribution in [3.8, 4) is 0 Å². The van der Waals surface area contributed by atoms with Crippen molar-refractivity contribution in [2.24, 2.45) is 5.14 Å². The second-order valence-corrected chi connectivity index (χ2v) is 7.31. The van der Waals surface area contributed by atoms with Crippen LogP contribution in [0.2, 0.25) is 0 Å². The third-order valence-electron chi connectivity index (χ3n) is 2.48. The first-order valence-electron chi connectivity index (χ1n) is 4.86. The third-order valence-corrected chi connectivity index (χ3v) is 4.54. The maximum Gasteiger partial charge on any atom is 0.295 e. The van der Waals surface area contributed by atoms with Crippen molar-refractivity contribution in [2.75, 3.05) is 0 Å². The summed E-state index contributed by atoms with van der Waals surface area (Å²) in [4.78, 5) is -0.440. The van der Waals surface area contributed by atoms with Gasteiger partial charge in [-0.25, -0.2) is 13.6 Å². The van der Waals surface area contributed by atoms with E-state index in [0.717, 1.165) is 6.07 Å². The fraction of sp³-hybridized carbons (Fsp3) is 0. The van der Waals surface area contributed by atoms with Crippen molar-refractivity contribution in [2.45, 2.75) is 14.7 Å². The van der Waals surface area contributed by atoms with Crippen LogP contribution in [0.5, 0.6) is 0 Å². The molecule has 2 aromatic carbocycles. The Morgan fingerprint density at radius 3 is 2.21 bits per heavy atom. The van der Waals surface area contributed by atoms with E-state index in [2.05, 4.69) is 12.6 Å². The van der Waals surface area contributed by atoms with Gasteiger partial charge in [0.2, 0.25) is 10.0 Å². The Balaban J connectivity index is 3.01. The first kappa shape index (κ1) is 14.3. The SMILES string of the molecule is NS(=O)(=O)c1cc(S(=O)(=O)O)c2cc(S)ccc2c1. The van der Waals surface area contributed by atoms with E-state index >= 15 is 0 Å². The van der Waals surface area contributed by atoms with Gasteiger partial charge in [-0.3, -0.25) is 4.55 Å². The van der Waals surface area contributed by atoms with Crippen LogP contribution in [0, 0.1) is 0 Å². The number of hydrogen-bond acceptors (Lipinski definition) is 5. The third kappa shape index (κ3) is 2.90. The Morgan fingerprint density at radius 1 is 1.05 bits per heavy atom. The van der Waals surface area contributed by atoms with Gasteiger partial charge in [0.15, 0.2) is 0 Å². The minimum absolute atomic E-state index is 0.169. The minimum Gasteiger partial charge on any atom is -0.282 e. The van der Waals surface area contributed by atoms with E-state index in [4.69, 9.17) is 5.14 Å². The number of benzene rings is 2. The summed E-state index contributed by atoms with van der Waals surface area (Å²) in [6.07, 6.45) is 0. The molecule has 102 valence electrons. The van der Waals surface area contributed by atoms with Gasteiger partial charge in [-0.2, -0.15) is 8.42 Å². The maximum atomic E-state index is 11.3. The molecule has 0 unspecified atom stereocenters. The molecule has 0 aliphatic heterocycles. The average molecular weight is 319 g/mol. The Bertz CT molecular complexity index is 871. The number of rotatable bonds is 2. The lowest BCUT2D eigenvalue weighted by Crippen LogP contribution is -2.13. The van der Waals surface area contributed by atoms with Gasteiger partial charge in [0, 0.05) is 10.3 Å². The molecule has 0 radical (unpaired) electrons. The first-order valence-corrected chi connectivity index (χ1v) is 8.29. The number of thiol groups is 1. The topological polar surface area (TPSA) is 115 Å². The summed E-state index contributed by atoms with van der Waals surface area (Å²) >= 11 is 4.07. The lowest BCUT2D eigenvalue weighted by Gasteiger charge is -2.07. The summed E-state index contributed by atoms with van der Waals surface area (Å²) in [6, 6.07) is 6.51. The molecule has 0 amide bonds. The van der Waals surface area contributed by atoms with Crippen molar-refractivity contribution >= 4 is 43.5 Å². The quantitative estimate of drug-likeness (QED) is 0.565. The molecule has 0 aliphatic rings. The number of nitrogens with two attached hydrogens (primary N) is 1. The van der Waals surface area contributed by atoms with Crippen LogP contribution in [-0.4, -0.2) is 21.4 Å². The molecule has 0 saturated heterocycles. The normalized spacial score (nSPS) is 12.8. The highest BCUT2D eigenvalue weighted by Gasteiger charge is 2.19. The molecule has 0 aromatic heterocycles. The van der Waals surface area contributed by atoms with Gasteiger partial charge in [-0.1, -0.05) is 6.07 Å². The lowest BCUT2D eigenvalue weighted by molar-refractivity contribution is 0.484. The zero-order valence-corrected chi connectivity index (χ0v) is 11.8. The molecule has 3 N–H and O–H groups in total. The Kier molecular flexibility index (Phi) is 3.35. The van der Waals surface area contributed by atoms with Crippen LogP contribution in [0.3, 0.4) is 0 Å². The van der Waals surface area contributed by atoms with Crippen LogP contribution in [-0.2, 0) is 20.1 Å². The predicted octanol–water partition coefficient (Wildman–Crippen LogP) is 1.02. The van der Waals surface area contributed by atoms with E-state index in [0.29, 0.717) is 10.3 Å². The second kappa shape index (κ2) is 4.46.